The maximum absolute atomic E-state index is 13.7. The van der Waals surface area contributed by atoms with E-state index in [1.165, 1.54) is 15.2 Å². The molecule has 0 amide bonds. The van der Waals surface area contributed by atoms with Crippen molar-refractivity contribution in [1.82, 2.24) is 3.97 Å². The van der Waals surface area contributed by atoms with E-state index in [1.54, 1.807) is 16.2 Å². The number of benzene rings is 1. The van der Waals surface area contributed by atoms with Crippen LogP contribution in [0.25, 0.3) is 10.9 Å². The molecule has 2 nitrogen and oxygen atoms in total. The predicted octanol–water partition coefficient (Wildman–Crippen LogP) is 4.26. The lowest BCUT2D eigenvalue weighted by molar-refractivity contribution is 0.636. The molecule has 2 aromatic rings. The lowest BCUT2D eigenvalue weighted by Crippen LogP contribution is -1.86. The summed E-state index contributed by atoms with van der Waals surface area (Å²) < 4.78 is 16.2. The maximum atomic E-state index is 13.7. The first-order valence-electron chi connectivity index (χ1n) is 3.86. The van der Waals surface area contributed by atoms with Gasteiger partial charge in [0.1, 0.15) is 5.82 Å². The molecule has 0 unspecified atom stereocenters. The fourth-order valence-electron chi connectivity index (χ4n) is 1.36. The molecule has 0 atom stereocenters. The molecule has 0 aliphatic carbocycles. The highest BCUT2D eigenvalue weighted by Crippen LogP contribution is 2.33. The summed E-state index contributed by atoms with van der Waals surface area (Å²) in [6.07, 6.45) is 1.78. The van der Waals surface area contributed by atoms with E-state index in [4.69, 9.17) is 5.26 Å². The van der Waals surface area contributed by atoms with Crippen LogP contribution in [-0.2, 0) is 0 Å². The second kappa shape index (κ2) is 4.31. The van der Waals surface area contributed by atoms with Gasteiger partial charge in [0.05, 0.1) is 17.1 Å². The van der Waals surface area contributed by atoms with Gasteiger partial charge in [-0.25, -0.2) is 4.39 Å². The average molecular weight is 397 g/mol. The Morgan fingerprint density at radius 2 is 2.27 bits per heavy atom. The van der Waals surface area contributed by atoms with Crippen molar-refractivity contribution in [2.75, 3.05) is 0 Å². The monoisotopic (exact) mass is 396 g/mol. The van der Waals surface area contributed by atoms with E-state index >= 15 is 0 Å². The summed E-state index contributed by atoms with van der Waals surface area (Å²) in [5.74, 6) is -0.376. The van der Waals surface area contributed by atoms with Gasteiger partial charge in [0, 0.05) is 46.4 Å². The first kappa shape index (κ1) is 11.2. The van der Waals surface area contributed by atoms with E-state index in [0.29, 0.717) is 11.1 Å². The Labute approximate surface area is 110 Å². The minimum absolute atomic E-state index is 0.330. The number of halogens is 3. The van der Waals surface area contributed by atoms with Crippen LogP contribution in [0.4, 0.5) is 4.39 Å². The van der Waals surface area contributed by atoms with E-state index in [-0.39, 0.29) is 5.82 Å². The molecule has 0 spiro atoms. The van der Waals surface area contributed by atoms with E-state index in [1.807, 2.05) is 6.07 Å². The largest absolute Gasteiger partial charge is 0.278 e. The highest BCUT2D eigenvalue weighted by molar-refractivity contribution is 14.2. The molecule has 0 radical (unpaired) electrons. The minimum Gasteiger partial charge on any atom is -0.278 e. The molecule has 0 saturated heterocycles. The lowest BCUT2D eigenvalue weighted by atomic mass is 10.2. The van der Waals surface area contributed by atoms with Crippen molar-refractivity contribution < 1.29 is 4.39 Å². The van der Waals surface area contributed by atoms with Gasteiger partial charge in [-0.2, -0.15) is 5.26 Å². The van der Waals surface area contributed by atoms with Crippen molar-refractivity contribution in [2.24, 2.45) is 0 Å². The third kappa shape index (κ3) is 1.88. The molecule has 0 fully saturated rings. The second-order valence-corrected chi connectivity index (χ2v) is 5.41. The molecule has 1 aromatic heterocycles. The van der Waals surface area contributed by atoms with E-state index in [0.717, 1.165) is 9.86 Å². The number of aromatic nitrogens is 1. The molecular formula is C9H3BrFIN2S. The maximum Gasteiger partial charge on any atom is 0.149 e. The molecular weight excluding hydrogens is 394 g/mol. The predicted molar refractivity (Wildman–Crippen MR) is 71.3 cm³/mol. The molecule has 0 bridgehead atoms. The molecule has 15 heavy (non-hydrogen) atoms. The summed E-state index contributed by atoms with van der Waals surface area (Å²) in [7, 11) is 1.38. The smallest absolute Gasteiger partial charge is 0.149 e. The van der Waals surface area contributed by atoms with Gasteiger partial charge < -0.3 is 0 Å². The number of nitrogens with zero attached hydrogens (tertiary/aromatic N) is 2. The van der Waals surface area contributed by atoms with Crippen LogP contribution in [0.5, 0.6) is 0 Å². The van der Waals surface area contributed by atoms with Crippen LogP contribution in [-0.4, -0.2) is 3.97 Å². The summed E-state index contributed by atoms with van der Waals surface area (Å²) in [4.78, 5) is 0. The van der Waals surface area contributed by atoms with Crippen LogP contribution in [0.1, 0.15) is 5.56 Å². The fourth-order valence-corrected chi connectivity index (χ4v) is 3.34. The van der Waals surface area contributed by atoms with Crippen LogP contribution in [0.15, 0.2) is 22.8 Å². The van der Waals surface area contributed by atoms with Gasteiger partial charge in [0.2, 0.25) is 0 Å². The Bertz CT molecular complexity index is 575. The van der Waals surface area contributed by atoms with Gasteiger partial charge in [-0.05, 0) is 28.1 Å². The van der Waals surface area contributed by atoms with Gasteiger partial charge in [0.25, 0.3) is 0 Å². The average Bonchev–Trinajstić information content (AvgIpc) is 2.56. The van der Waals surface area contributed by atoms with Crippen LogP contribution in [0.3, 0.4) is 0 Å². The zero-order chi connectivity index (χ0) is 11.0. The Balaban J connectivity index is 2.88. The molecule has 1 heterocycles. The molecule has 6 heteroatoms. The third-order valence-electron chi connectivity index (χ3n) is 1.98. The van der Waals surface area contributed by atoms with Gasteiger partial charge in [-0.1, -0.05) is 0 Å². The summed E-state index contributed by atoms with van der Waals surface area (Å²) in [6, 6.07) is 4.86. The summed E-state index contributed by atoms with van der Waals surface area (Å²) >= 11 is 5.42. The standard InChI is InChI=1S/C9H3BrFIN2S/c10-7-4-14(15-12)9-6(7)1-5(3-13)2-8(9)11/h1-2,4H. The summed E-state index contributed by atoms with van der Waals surface area (Å²) in [5.41, 5.74) is 0.831. The second-order valence-electron chi connectivity index (χ2n) is 2.84. The van der Waals surface area contributed by atoms with E-state index in [2.05, 4.69) is 37.1 Å². The van der Waals surface area contributed by atoms with Crippen molar-refractivity contribution in [3.05, 3.63) is 34.2 Å². The Hall–Kier alpha value is -0.260. The fraction of sp³-hybridized carbons (Fsp3) is 0. The van der Waals surface area contributed by atoms with Gasteiger partial charge in [-0.15, -0.1) is 0 Å². The Morgan fingerprint density at radius 3 is 2.87 bits per heavy atom. The first-order chi connectivity index (χ1) is 7.17. The number of hydrogen-bond acceptors (Lipinski definition) is 2. The quantitative estimate of drug-likeness (QED) is 0.674. The highest BCUT2D eigenvalue weighted by Gasteiger charge is 2.12. The SMILES string of the molecule is N#Cc1cc(F)c2c(c1)c(Br)cn2SI. The van der Waals surface area contributed by atoms with Crippen LogP contribution in [0, 0.1) is 17.1 Å². The van der Waals surface area contributed by atoms with Gasteiger partial charge in [-0.3, -0.25) is 3.97 Å². The topological polar surface area (TPSA) is 28.7 Å². The zero-order valence-electron chi connectivity index (χ0n) is 7.17. The van der Waals surface area contributed by atoms with Crippen LogP contribution in [0.2, 0.25) is 0 Å². The van der Waals surface area contributed by atoms with Crippen molar-refractivity contribution in [3.63, 3.8) is 0 Å². The zero-order valence-corrected chi connectivity index (χ0v) is 11.7. The number of nitriles is 1. The summed E-state index contributed by atoms with van der Waals surface area (Å²) in [5, 5.41) is 9.45. The Morgan fingerprint density at radius 1 is 1.53 bits per heavy atom. The minimum atomic E-state index is -0.376. The first-order valence-corrected chi connectivity index (χ1v) is 7.97. The number of rotatable bonds is 1. The summed E-state index contributed by atoms with van der Waals surface area (Å²) in [6.45, 7) is 0. The van der Waals surface area contributed by atoms with Crippen LogP contribution >= 0.6 is 46.3 Å². The molecule has 0 aliphatic rings. The highest BCUT2D eigenvalue weighted by atomic mass is 127. The molecule has 1 aromatic carbocycles. The van der Waals surface area contributed by atoms with Gasteiger partial charge in [0.15, 0.2) is 0 Å². The number of hydrogen-bond donors (Lipinski definition) is 0. The lowest BCUT2D eigenvalue weighted by Gasteiger charge is -1.99. The van der Waals surface area contributed by atoms with E-state index in [9.17, 15) is 4.39 Å². The van der Waals surface area contributed by atoms with Crippen molar-refractivity contribution >= 4 is 57.2 Å². The molecule has 76 valence electrons. The molecule has 2 rings (SSSR count). The third-order valence-corrected chi connectivity index (χ3v) is 4.32. The normalized spacial score (nSPS) is 10.5. The van der Waals surface area contributed by atoms with Crippen molar-refractivity contribution in [3.8, 4) is 6.07 Å². The molecule has 0 N–H and O–H groups in total. The van der Waals surface area contributed by atoms with Crippen LogP contribution < -0.4 is 0 Å². The molecule has 0 saturated carbocycles. The Kier molecular flexibility index (Phi) is 3.23. The van der Waals surface area contributed by atoms with E-state index < -0.39 is 0 Å². The van der Waals surface area contributed by atoms with Crippen molar-refractivity contribution in [1.29, 1.82) is 5.26 Å². The molecule has 0 aliphatic heterocycles. The van der Waals surface area contributed by atoms with Gasteiger partial charge >= 0.3 is 0 Å². The van der Waals surface area contributed by atoms with Crippen molar-refractivity contribution in [2.45, 2.75) is 0 Å². The number of fused-ring (bicyclic) bond motifs is 1.